The van der Waals surface area contributed by atoms with Crippen molar-refractivity contribution < 1.29 is 4.39 Å². The Hall–Kier alpha value is -3.07. The van der Waals surface area contributed by atoms with Gasteiger partial charge in [0.05, 0.1) is 24.0 Å². The topological polar surface area (TPSA) is 94.5 Å². The van der Waals surface area contributed by atoms with Crippen molar-refractivity contribution in [2.75, 3.05) is 11.1 Å². The van der Waals surface area contributed by atoms with E-state index in [1.807, 2.05) is 26.2 Å². The quantitative estimate of drug-likeness (QED) is 0.495. The lowest BCUT2D eigenvalue weighted by Crippen LogP contribution is -2.12. The van der Waals surface area contributed by atoms with Crippen molar-refractivity contribution in [3.63, 3.8) is 0 Å². The Bertz CT molecular complexity index is 1170. The fraction of sp³-hybridized carbons (Fsp3) is 0.158. The van der Waals surface area contributed by atoms with Gasteiger partial charge in [-0.3, -0.25) is 9.67 Å². The van der Waals surface area contributed by atoms with Crippen LogP contribution in [0.15, 0.2) is 47.6 Å². The van der Waals surface area contributed by atoms with E-state index < -0.39 is 0 Å². The minimum atomic E-state index is -0.377. The molecule has 9 heteroatoms. The molecular formula is C19H17BrFN7. The molecule has 0 saturated heterocycles. The summed E-state index contributed by atoms with van der Waals surface area (Å²) >= 11 is 3.26. The Balaban J connectivity index is 1.71. The summed E-state index contributed by atoms with van der Waals surface area (Å²) in [6.45, 7) is 1.84. The van der Waals surface area contributed by atoms with Crippen LogP contribution in [0.5, 0.6) is 0 Å². The number of aryl methyl sites for hydroxylation is 1. The average molecular weight is 442 g/mol. The maximum Gasteiger partial charge on any atom is 0.170 e. The van der Waals surface area contributed by atoms with Crippen molar-refractivity contribution in [2.24, 2.45) is 7.05 Å². The molecule has 1 aromatic carbocycles. The van der Waals surface area contributed by atoms with Crippen molar-refractivity contribution in [3.8, 4) is 11.1 Å². The van der Waals surface area contributed by atoms with Crippen molar-refractivity contribution in [1.82, 2.24) is 24.7 Å². The van der Waals surface area contributed by atoms with Gasteiger partial charge in [-0.2, -0.15) is 5.10 Å². The molecule has 0 saturated carbocycles. The molecule has 0 unspecified atom stereocenters. The van der Waals surface area contributed by atoms with Crippen LogP contribution in [-0.4, -0.2) is 24.7 Å². The number of nitrogens with two attached hydrogens (primary N) is 1. The van der Waals surface area contributed by atoms with Gasteiger partial charge in [-0.1, -0.05) is 0 Å². The van der Waals surface area contributed by atoms with E-state index in [1.54, 1.807) is 23.1 Å². The Morgan fingerprint density at radius 2 is 1.96 bits per heavy atom. The summed E-state index contributed by atoms with van der Waals surface area (Å²) in [6.07, 6.45) is 6.91. The number of hydrogen-bond donors (Lipinski definition) is 2. The van der Waals surface area contributed by atoms with E-state index in [1.165, 1.54) is 12.3 Å². The second kappa shape index (κ2) is 7.16. The van der Waals surface area contributed by atoms with Crippen LogP contribution in [0.25, 0.3) is 22.0 Å². The molecule has 4 aromatic rings. The lowest BCUT2D eigenvalue weighted by atomic mass is 10.0. The first kappa shape index (κ1) is 18.3. The van der Waals surface area contributed by atoms with Gasteiger partial charge in [0.15, 0.2) is 11.6 Å². The number of anilines is 2. The standard InChI is InChI=1S/C19H17BrFN7/c1-10(26-19-18(22)24-8-17(20)27-19)14-4-11-3-12(13-7-25-28(2)9-13)6-23-16(11)5-15(14)21/h3-10H,1-2H3,(H2,22,24)(H,26,27)/t10-/m0/s1. The summed E-state index contributed by atoms with van der Waals surface area (Å²) in [5, 5.41) is 8.14. The molecule has 0 bridgehead atoms. The van der Waals surface area contributed by atoms with Gasteiger partial charge in [0.25, 0.3) is 0 Å². The second-order valence-corrected chi connectivity index (χ2v) is 7.30. The van der Waals surface area contributed by atoms with Crippen molar-refractivity contribution in [3.05, 3.63) is 59.0 Å². The molecule has 0 radical (unpaired) electrons. The molecule has 3 heterocycles. The van der Waals surface area contributed by atoms with Gasteiger partial charge < -0.3 is 11.1 Å². The summed E-state index contributed by atoms with van der Waals surface area (Å²) in [6, 6.07) is 4.82. The number of rotatable bonds is 4. The monoisotopic (exact) mass is 441 g/mol. The first-order valence-electron chi connectivity index (χ1n) is 8.53. The van der Waals surface area contributed by atoms with E-state index in [9.17, 15) is 4.39 Å². The van der Waals surface area contributed by atoms with Gasteiger partial charge >= 0.3 is 0 Å². The van der Waals surface area contributed by atoms with Crippen LogP contribution in [0.4, 0.5) is 16.0 Å². The lowest BCUT2D eigenvalue weighted by molar-refractivity contribution is 0.602. The molecule has 0 amide bonds. The normalized spacial score (nSPS) is 12.3. The first-order valence-corrected chi connectivity index (χ1v) is 9.33. The molecule has 0 aliphatic rings. The Kier molecular flexibility index (Phi) is 4.68. The molecule has 0 fully saturated rings. The number of halogens is 2. The summed E-state index contributed by atoms with van der Waals surface area (Å²) in [5.74, 6) is 0.288. The highest BCUT2D eigenvalue weighted by atomic mass is 79.9. The van der Waals surface area contributed by atoms with Crippen LogP contribution >= 0.6 is 15.9 Å². The summed E-state index contributed by atoms with van der Waals surface area (Å²) in [7, 11) is 1.86. The predicted octanol–water partition coefficient (Wildman–Crippen LogP) is 4.08. The van der Waals surface area contributed by atoms with Gasteiger partial charge in [0.1, 0.15) is 10.4 Å². The van der Waals surface area contributed by atoms with Crippen molar-refractivity contribution >= 4 is 38.5 Å². The van der Waals surface area contributed by atoms with Crippen molar-refractivity contribution in [1.29, 1.82) is 0 Å². The number of pyridine rings is 1. The summed E-state index contributed by atoms with van der Waals surface area (Å²) in [5.41, 5.74) is 8.80. The minimum Gasteiger partial charge on any atom is -0.381 e. The molecule has 1 atom stereocenters. The van der Waals surface area contributed by atoms with E-state index in [2.05, 4.69) is 41.3 Å². The van der Waals surface area contributed by atoms with E-state index in [-0.39, 0.29) is 17.7 Å². The second-order valence-electron chi connectivity index (χ2n) is 6.49. The number of hydrogen-bond acceptors (Lipinski definition) is 6. The molecule has 4 rings (SSSR count). The highest BCUT2D eigenvalue weighted by Crippen LogP contribution is 2.29. The molecule has 7 nitrogen and oxygen atoms in total. The Morgan fingerprint density at radius 1 is 1.14 bits per heavy atom. The number of nitrogens with zero attached hydrogens (tertiary/aromatic N) is 5. The van der Waals surface area contributed by atoms with Crippen LogP contribution in [0, 0.1) is 5.82 Å². The third-order valence-electron chi connectivity index (χ3n) is 4.43. The molecule has 0 aliphatic heterocycles. The summed E-state index contributed by atoms with van der Waals surface area (Å²) in [4.78, 5) is 12.7. The smallest absolute Gasteiger partial charge is 0.170 e. The minimum absolute atomic E-state index is 0.247. The average Bonchev–Trinajstić information content (AvgIpc) is 3.10. The van der Waals surface area contributed by atoms with Crippen LogP contribution in [0.1, 0.15) is 18.5 Å². The first-order chi connectivity index (χ1) is 13.4. The van der Waals surface area contributed by atoms with Gasteiger partial charge in [0.2, 0.25) is 0 Å². The van der Waals surface area contributed by atoms with E-state index >= 15 is 0 Å². The number of aromatic nitrogens is 5. The highest BCUT2D eigenvalue weighted by molar-refractivity contribution is 9.10. The fourth-order valence-electron chi connectivity index (χ4n) is 2.99. The third kappa shape index (κ3) is 3.53. The summed E-state index contributed by atoms with van der Waals surface area (Å²) < 4.78 is 17.0. The number of benzene rings is 1. The molecule has 3 aromatic heterocycles. The maximum atomic E-state index is 14.7. The molecule has 28 heavy (non-hydrogen) atoms. The number of nitrogens with one attached hydrogen (secondary N) is 1. The molecule has 142 valence electrons. The van der Waals surface area contributed by atoms with Gasteiger partial charge in [-0.15, -0.1) is 0 Å². The van der Waals surface area contributed by atoms with E-state index in [0.29, 0.717) is 21.5 Å². The van der Waals surface area contributed by atoms with E-state index in [4.69, 9.17) is 5.73 Å². The largest absolute Gasteiger partial charge is 0.381 e. The maximum absolute atomic E-state index is 14.7. The predicted molar refractivity (Wildman–Crippen MR) is 110 cm³/mol. The zero-order valence-corrected chi connectivity index (χ0v) is 16.8. The molecule has 3 N–H and O–H groups in total. The van der Waals surface area contributed by atoms with Gasteiger partial charge in [-0.25, -0.2) is 14.4 Å². The van der Waals surface area contributed by atoms with Crippen LogP contribution < -0.4 is 11.1 Å². The third-order valence-corrected chi connectivity index (χ3v) is 4.81. The molecular weight excluding hydrogens is 425 g/mol. The zero-order valence-electron chi connectivity index (χ0n) is 15.2. The lowest BCUT2D eigenvalue weighted by Gasteiger charge is -2.17. The number of nitrogen functional groups attached to an aromatic ring is 1. The van der Waals surface area contributed by atoms with E-state index in [0.717, 1.165) is 16.5 Å². The molecule has 0 spiro atoms. The van der Waals surface area contributed by atoms with Crippen LogP contribution in [-0.2, 0) is 7.05 Å². The van der Waals surface area contributed by atoms with Crippen LogP contribution in [0.2, 0.25) is 0 Å². The Morgan fingerprint density at radius 3 is 2.71 bits per heavy atom. The van der Waals surface area contributed by atoms with Crippen LogP contribution in [0.3, 0.4) is 0 Å². The zero-order chi connectivity index (χ0) is 19.8. The SMILES string of the molecule is C[C@H](Nc1nc(Br)cnc1N)c1cc2cc(-c3cnn(C)c3)cnc2cc1F. The van der Waals surface area contributed by atoms with Crippen molar-refractivity contribution in [2.45, 2.75) is 13.0 Å². The van der Waals surface area contributed by atoms with Gasteiger partial charge in [0, 0.05) is 47.6 Å². The van der Waals surface area contributed by atoms with Gasteiger partial charge in [-0.05, 0) is 35.0 Å². The Labute approximate surface area is 169 Å². The fourth-order valence-corrected chi connectivity index (χ4v) is 3.27. The molecule has 0 aliphatic carbocycles. The number of fused-ring (bicyclic) bond motifs is 1. The highest BCUT2D eigenvalue weighted by Gasteiger charge is 2.16.